The number of hydrogen-bond donors (Lipinski definition) is 1. The van der Waals surface area contributed by atoms with Crippen molar-refractivity contribution in [3.63, 3.8) is 0 Å². The van der Waals surface area contributed by atoms with Crippen molar-refractivity contribution >= 4 is 39.4 Å². The van der Waals surface area contributed by atoms with Crippen LogP contribution in [0, 0.1) is 13.8 Å². The van der Waals surface area contributed by atoms with Crippen LogP contribution in [-0.2, 0) is 16.6 Å². The second kappa shape index (κ2) is 9.37. The van der Waals surface area contributed by atoms with E-state index in [2.05, 4.69) is 20.4 Å². The average Bonchev–Trinajstić information content (AvgIpc) is 3.34. The molecule has 0 saturated carbocycles. The summed E-state index contributed by atoms with van der Waals surface area (Å²) in [5.74, 6) is -0.567. The number of benzene rings is 1. The Morgan fingerprint density at radius 2 is 1.91 bits per heavy atom. The Bertz CT molecular complexity index is 1330. The normalized spacial score (nSPS) is 10.9. The number of anilines is 1. The zero-order chi connectivity index (χ0) is 23.5. The van der Waals surface area contributed by atoms with Crippen molar-refractivity contribution in [2.75, 3.05) is 18.5 Å². The number of rotatable bonds is 7. The second-order valence-electron chi connectivity index (χ2n) is 7.33. The van der Waals surface area contributed by atoms with Crippen LogP contribution in [-0.4, -0.2) is 44.8 Å². The van der Waals surface area contributed by atoms with Crippen molar-refractivity contribution in [3.05, 3.63) is 52.5 Å². The number of aromatic nitrogens is 4. The maximum Gasteiger partial charge on any atom is 0.350 e. The van der Waals surface area contributed by atoms with Crippen LogP contribution in [0.15, 0.2) is 36.4 Å². The quantitative estimate of drug-likeness (QED) is 0.412. The average molecular weight is 466 g/mol. The zero-order valence-electron chi connectivity index (χ0n) is 18.7. The zero-order valence-corrected chi connectivity index (χ0v) is 19.5. The highest BCUT2D eigenvalue weighted by Crippen LogP contribution is 2.32. The highest BCUT2D eigenvalue weighted by Gasteiger charge is 2.22. The largest absolute Gasteiger partial charge is 0.466 e. The standard InChI is InChI=1S/C23H23N5O4S/c1-5-31-22(30)19-18(15-9-7-6-8-10-15)26-23(33-19)25-16(29)12-32-21-17-13(2)11-14(3)24-20(17)28(4)27-21/h6-11H,5,12H2,1-4H3,(H,25,26,29). The van der Waals surface area contributed by atoms with E-state index in [1.807, 2.05) is 50.2 Å². The molecule has 1 aromatic carbocycles. The highest BCUT2D eigenvalue weighted by atomic mass is 32.1. The lowest BCUT2D eigenvalue weighted by molar-refractivity contribution is -0.118. The number of ether oxygens (including phenoxy) is 2. The number of hydrogen-bond acceptors (Lipinski definition) is 8. The van der Waals surface area contributed by atoms with Gasteiger partial charge in [-0.15, -0.1) is 5.10 Å². The third-order valence-electron chi connectivity index (χ3n) is 4.81. The first-order valence-corrected chi connectivity index (χ1v) is 11.2. The fraction of sp³-hybridized carbons (Fsp3) is 0.261. The fourth-order valence-corrected chi connectivity index (χ4v) is 4.34. The van der Waals surface area contributed by atoms with Crippen LogP contribution in [0.1, 0.15) is 27.9 Å². The first-order chi connectivity index (χ1) is 15.9. The summed E-state index contributed by atoms with van der Waals surface area (Å²) in [7, 11) is 1.78. The summed E-state index contributed by atoms with van der Waals surface area (Å²) in [4.78, 5) is 34.3. The number of aryl methyl sites for hydroxylation is 3. The Labute approximate surface area is 194 Å². The molecule has 1 N–H and O–H groups in total. The van der Waals surface area contributed by atoms with Gasteiger partial charge < -0.3 is 9.47 Å². The molecule has 3 aromatic heterocycles. The molecule has 4 rings (SSSR count). The Hall–Kier alpha value is -3.79. The third-order valence-corrected chi connectivity index (χ3v) is 5.76. The van der Waals surface area contributed by atoms with Gasteiger partial charge in [0.25, 0.3) is 5.91 Å². The summed E-state index contributed by atoms with van der Waals surface area (Å²) < 4.78 is 12.5. The van der Waals surface area contributed by atoms with Crippen molar-refractivity contribution in [3.8, 4) is 17.1 Å². The van der Waals surface area contributed by atoms with E-state index in [0.717, 1.165) is 33.5 Å². The molecule has 10 heteroatoms. The molecular formula is C23H23N5O4S. The molecule has 0 fully saturated rings. The van der Waals surface area contributed by atoms with Crippen molar-refractivity contribution in [2.24, 2.45) is 7.05 Å². The minimum atomic E-state index is -0.483. The molecule has 0 atom stereocenters. The Balaban J connectivity index is 1.52. The summed E-state index contributed by atoms with van der Waals surface area (Å²) >= 11 is 1.06. The smallest absolute Gasteiger partial charge is 0.350 e. The van der Waals surface area contributed by atoms with Crippen molar-refractivity contribution in [1.29, 1.82) is 0 Å². The van der Waals surface area contributed by atoms with E-state index in [1.165, 1.54) is 0 Å². The number of amides is 1. The van der Waals surface area contributed by atoms with E-state index in [9.17, 15) is 9.59 Å². The molecule has 0 aliphatic rings. The molecule has 170 valence electrons. The lowest BCUT2D eigenvalue weighted by atomic mass is 10.1. The molecule has 0 unspecified atom stereocenters. The third kappa shape index (κ3) is 4.70. The number of carbonyl (C=O) groups is 2. The number of pyridine rings is 1. The van der Waals surface area contributed by atoms with Crippen molar-refractivity contribution in [2.45, 2.75) is 20.8 Å². The van der Waals surface area contributed by atoms with Crippen molar-refractivity contribution in [1.82, 2.24) is 19.7 Å². The highest BCUT2D eigenvalue weighted by molar-refractivity contribution is 7.18. The molecular weight excluding hydrogens is 442 g/mol. The van der Waals surface area contributed by atoms with E-state index in [-0.39, 0.29) is 18.3 Å². The number of nitrogens with one attached hydrogen (secondary N) is 1. The Kier molecular flexibility index (Phi) is 6.36. The SMILES string of the molecule is CCOC(=O)c1sc(NC(=O)COc2nn(C)c3nc(C)cc(C)c23)nc1-c1ccccc1. The lowest BCUT2D eigenvalue weighted by Crippen LogP contribution is -2.20. The molecule has 33 heavy (non-hydrogen) atoms. The van der Waals surface area contributed by atoms with Crippen LogP contribution in [0.4, 0.5) is 5.13 Å². The van der Waals surface area contributed by atoms with Gasteiger partial charge in [-0.25, -0.2) is 19.4 Å². The monoisotopic (exact) mass is 465 g/mol. The topological polar surface area (TPSA) is 108 Å². The molecule has 0 aliphatic heterocycles. The van der Waals surface area contributed by atoms with Crippen LogP contribution < -0.4 is 10.1 Å². The van der Waals surface area contributed by atoms with Gasteiger partial charge >= 0.3 is 5.97 Å². The summed E-state index contributed by atoms with van der Waals surface area (Å²) in [6, 6.07) is 11.2. The molecule has 1 amide bonds. The van der Waals surface area contributed by atoms with Crippen LogP contribution in [0.2, 0.25) is 0 Å². The molecule has 4 aromatic rings. The predicted molar refractivity (Wildman–Crippen MR) is 126 cm³/mol. The van der Waals surface area contributed by atoms with Gasteiger partial charge in [-0.2, -0.15) is 0 Å². The fourth-order valence-electron chi connectivity index (χ4n) is 3.44. The number of esters is 1. The number of nitrogens with zero attached hydrogens (tertiary/aromatic N) is 4. The van der Waals surface area contributed by atoms with E-state index in [1.54, 1.807) is 18.7 Å². The Morgan fingerprint density at radius 3 is 2.64 bits per heavy atom. The maximum absolute atomic E-state index is 12.6. The molecule has 0 bridgehead atoms. The number of thiazole rings is 1. The summed E-state index contributed by atoms with van der Waals surface area (Å²) in [5, 5.41) is 8.10. The number of fused-ring (bicyclic) bond motifs is 1. The summed E-state index contributed by atoms with van der Waals surface area (Å²) in [6.07, 6.45) is 0. The minimum absolute atomic E-state index is 0.242. The summed E-state index contributed by atoms with van der Waals surface area (Å²) in [5.41, 5.74) is 3.75. The molecule has 0 radical (unpaired) electrons. The van der Waals surface area contributed by atoms with Gasteiger partial charge in [-0.1, -0.05) is 41.7 Å². The van der Waals surface area contributed by atoms with Gasteiger partial charge in [0, 0.05) is 18.3 Å². The first kappa shape index (κ1) is 22.4. The second-order valence-corrected chi connectivity index (χ2v) is 8.33. The van der Waals surface area contributed by atoms with E-state index in [4.69, 9.17) is 9.47 Å². The molecule has 0 saturated heterocycles. The predicted octanol–water partition coefficient (Wildman–Crippen LogP) is 3.90. The lowest BCUT2D eigenvalue weighted by Gasteiger charge is -2.04. The van der Waals surface area contributed by atoms with Gasteiger partial charge in [-0.05, 0) is 32.4 Å². The van der Waals surface area contributed by atoms with Gasteiger partial charge in [-0.3, -0.25) is 10.1 Å². The van der Waals surface area contributed by atoms with Crippen LogP contribution in [0.3, 0.4) is 0 Å². The van der Waals surface area contributed by atoms with Gasteiger partial charge in [0.2, 0.25) is 5.88 Å². The minimum Gasteiger partial charge on any atom is -0.466 e. The van der Waals surface area contributed by atoms with E-state index < -0.39 is 11.9 Å². The maximum atomic E-state index is 12.6. The van der Waals surface area contributed by atoms with Gasteiger partial charge in [0.15, 0.2) is 17.4 Å². The summed E-state index contributed by atoms with van der Waals surface area (Å²) in [6.45, 7) is 5.57. The van der Waals surface area contributed by atoms with Gasteiger partial charge in [0.1, 0.15) is 4.88 Å². The van der Waals surface area contributed by atoms with E-state index in [0.29, 0.717) is 22.1 Å². The first-order valence-electron chi connectivity index (χ1n) is 10.3. The van der Waals surface area contributed by atoms with Crippen molar-refractivity contribution < 1.29 is 19.1 Å². The van der Waals surface area contributed by atoms with Crippen LogP contribution in [0.5, 0.6) is 5.88 Å². The van der Waals surface area contributed by atoms with Gasteiger partial charge in [0.05, 0.1) is 17.7 Å². The van der Waals surface area contributed by atoms with Crippen LogP contribution in [0.25, 0.3) is 22.3 Å². The molecule has 9 nitrogen and oxygen atoms in total. The van der Waals surface area contributed by atoms with Crippen LogP contribution >= 0.6 is 11.3 Å². The Morgan fingerprint density at radius 1 is 1.15 bits per heavy atom. The van der Waals surface area contributed by atoms with E-state index >= 15 is 0 Å². The molecule has 0 aliphatic carbocycles. The molecule has 0 spiro atoms. The molecule has 3 heterocycles. The number of carbonyl (C=O) groups excluding carboxylic acids is 2.